The molecule has 8 heteroatoms. The van der Waals surface area contributed by atoms with Gasteiger partial charge in [-0.3, -0.25) is 15.2 Å². The summed E-state index contributed by atoms with van der Waals surface area (Å²) in [6.07, 6.45) is 8.88. The Kier molecular flexibility index (Phi) is 3.42. The fourth-order valence-corrected chi connectivity index (χ4v) is 4.44. The highest BCUT2D eigenvalue weighted by molar-refractivity contribution is 7.25. The second kappa shape index (κ2) is 5.47. The third-order valence-electron chi connectivity index (χ3n) is 4.58. The second-order valence-electron chi connectivity index (χ2n) is 5.94. The molecule has 4 rings (SSSR count). The van der Waals surface area contributed by atoms with Crippen LogP contribution in [0.4, 0.5) is 11.4 Å². The molecule has 0 radical (unpaired) electrons. The lowest BCUT2D eigenvalue weighted by Gasteiger charge is -2.23. The van der Waals surface area contributed by atoms with Crippen LogP contribution in [0.5, 0.6) is 0 Å². The van der Waals surface area contributed by atoms with Gasteiger partial charge in [-0.1, -0.05) is 19.3 Å². The molecule has 23 heavy (non-hydrogen) atoms. The Morgan fingerprint density at radius 3 is 2.78 bits per heavy atom. The topological polar surface area (TPSA) is 112 Å². The number of hydrogen-bond donors (Lipinski definition) is 3. The van der Waals surface area contributed by atoms with E-state index in [1.807, 2.05) is 0 Å². The number of hydrazine groups is 1. The van der Waals surface area contributed by atoms with Crippen molar-refractivity contribution in [1.82, 2.24) is 14.5 Å². The molecule has 1 saturated carbocycles. The molecule has 1 aliphatic rings. The summed E-state index contributed by atoms with van der Waals surface area (Å²) in [5, 5.41) is 0.723. The number of nitrogens with zero attached hydrogens (tertiary/aromatic N) is 3. The molecular formula is C15H18N6OS. The van der Waals surface area contributed by atoms with Gasteiger partial charge in [0.15, 0.2) is 0 Å². The minimum atomic E-state index is 0.00597. The fraction of sp³-hybridized carbons (Fsp3) is 0.400. The number of fused-ring (bicyclic) bond motifs is 3. The van der Waals surface area contributed by atoms with Crippen LogP contribution in [0.2, 0.25) is 0 Å². The summed E-state index contributed by atoms with van der Waals surface area (Å²) in [6, 6.07) is 0.253. The molecule has 1 fully saturated rings. The van der Waals surface area contributed by atoms with E-state index in [0.29, 0.717) is 26.4 Å². The minimum absolute atomic E-state index is 0.00597. The van der Waals surface area contributed by atoms with E-state index >= 15 is 0 Å². The molecule has 0 bridgehead atoms. The summed E-state index contributed by atoms with van der Waals surface area (Å²) in [7, 11) is 0. The average Bonchev–Trinajstić information content (AvgIpc) is 2.96. The van der Waals surface area contributed by atoms with Gasteiger partial charge in [0, 0.05) is 6.04 Å². The highest BCUT2D eigenvalue weighted by atomic mass is 32.1. The summed E-state index contributed by atoms with van der Waals surface area (Å²) in [6.45, 7) is 0. The molecule has 0 spiro atoms. The van der Waals surface area contributed by atoms with Crippen molar-refractivity contribution >= 4 is 43.1 Å². The van der Waals surface area contributed by atoms with Crippen molar-refractivity contribution in [3.63, 3.8) is 0 Å². The van der Waals surface area contributed by atoms with E-state index in [0.717, 1.165) is 18.2 Å². The number of pyridine rings is 1. The summed E-state index contributed by atoms with van der Waals surface area (Å²) >= 11 is 1.35. The quantitative estimate of drug-likeness (QED) is 0.491. The molecule has 3 heterocycles. The molecule has 7 nitrogen and oxygen atoms in total. The van der Waals surface area contributed by atoms with Crippen LogP contribution in [-0.2, 0) is 0 Å². The van der Waals surface area contributed by atoms with Crippen LogP contribution >= 0.6 is 11.3 Å². The van der Waals surface area contributed by atoms with Crippen molar-refractivity contribution in [1.29, 1.82) is 0 Å². The SMILES string of the molecule is NNc1c(N)cnc2sc3c(=O)n(C4CCCCC4)cnc3c12. The number of rotatable bonds is 2. The van der Waals surface area contributed by atoms with Gasteiger partial charge in [0.2, 0.25) is 0 Å². The molecule has 0 unspecified atom stereocenters. The molecule has 120 valence electrons. The van der Waals surface area contributed by atoms with Crippen molar-refractivity contribution in [3.8, 4) is 0 Å². The maximum Gasteiger partial charge on any atom is 0.271 e. The fourth-order valence-electron chi connectivity index (χ4n) is 3.40. The van der Waals surface area contributed by atoms with Gasteiger partial charge in [-0.05, 0) is 12.8 Å². The Bertz CT molecular complexity index is 940. The van der Waals surface area contributed by atoms with E-state index in [1.54, 1.807) is 17.1 Å². The zero-order valence-corrected chi connectivity index (χ0v) is 13.4. The van der Waals surface area contributed by atoms with Gasteiger partial charge in [0.25, 0.3) is 5.56 Å². The Balaban J connectivity index is 1.98. The molecular weight excluding hydrogens is 312 g/mol. The zero-order chi connectivity index (χ0) is 16.0. The van der Waals surface area contributed by atoms with Gasteiger partial charge in [-0.25, -0.2) is 9.97 Å². The molecule has 1 aliphatic carbocycles. The summed E-state index contributed by atoms with van der Waals surface area (Å²) in [5.74, 6) is 5.59. The van der Waals surface area contributed by atoms with E-state index in [-0.39, 0.29) is 11.6 Å². The van der Waals surface area contributed by atoms with Crippen LogP contribution in [0, 0.1) is 0 Å². The van der Waals surface area contributed by atoms with Crippen molar-refractivity contribution < 1.29 is 0 Å². The standard InChI is InChI=1S/C15H18N6OS/c16-9-6-18-14-10(11(9)20-17)12-13(23-14)15(22)21(7-19-12)8-4-2-1-3-5-8/h6-8H,1-5,16-17H2,(H,18,20). The number of nitrogen functional groups attached to an aromatic ring is 2. The van der Waals surface area contributed by atoms with E-state index < -0.39 is 0 Å². The van der Waals surface area contributed by atoms with Crippen LogP contribution in [0.3, 0.4) is 0 Å². The zero-order valence-electron chi connectivity index (χ0n) is 12.6. The van der Waals surface area contributed by atoms with Crippen molar-refractivity contribution in [3.05, 3.63) is 22.9 Å². The average molecular weight is 330 g/mol. The summed E-state index contributed by atoms with van der Waals surface area (Å²) in [5.41, 5.74) is 10.2. The number of nitrogens with one attached hydrogen (secondary N) is 1. The first-order chi connectivity index (χ1) is 11.2. The molecule has 0 amide bonds. The number of anilines is 2. The highest BCUT2D eigenvalue weighted by Gasteiger charge is 2.21. The largest absolute Gasteiger partial charge is 0.396 e. The first kappa shape index (κ1) is 14.4. The Morgan fingerprint density at radius 2 is 2.04 bits per heavy atom. The molecule has 0 aromatic carbocycles. The van der Waals surface area contributed by atoms with Gasteiger partial charge >= 0.3 is 0 Å². The monoisotopic (exact) mass is 330 g/mol. The van der Waals surface area contributed by atoms with Gasteiger partial charge < -0.3 is 11.2 Å². The number of aromatic nitrogens is 3. The van der Waals surface area contributed by atoms with Crippen molar-refractivity contribution in [2.24, 2.45) is 5.84 Å². The smallest absolute Gasteiger partial charge is 0.271 e. The van der Waals surface area contributed by atoms with Crippen LogP contribution in [-0.4, -0.2) is 14.5 Å². The van der Waals surface area contributed by atoms with E-state index in [4.69, 9.17) is 11.6 Å². The van der Waals surface area contributed by atoms with E-state index in [2.05, 4.69) is 15.4 Å². The van der Waals surface area contributed by atoms with Gasteiger partial charge in [0.05, 0.1) is 29.3 Å². The van der Waals surface area contributed by atoms with Crippen molar-refractivity contribution in [2.45, 2.75) is 38.1 Å². The molecule has 3 aromatic rings. The molecule has 5 N–H and O–H groups in total. The predicted octanol–water partition coefficient (Wildman–Crippen LogP) is 2.38. The highest BCUT2D eigenvalue weighted by Crippen LogP contribution is 2.37. The second-order valence-corrected chi connectivity index (χ2v) is 6.94. The Morgan fingerprint density at radius 1 is 1.26 bits per heavy atom. The molecule has 0 saturated heterocycles. The van der Waals surface area contributed by atoms with Crippen LogP contribution in [0.15, 0.2) is 17.3 Å². The number of thiophene rings is 1. The maximum absolute atomic E-state index is 12.9. The first-order valence-electron chi connectivity index (χ1n) is 7.75. The van der Waals surface area contributed by atoms with Gasteiger partial charge in [0.1, 0.15) is 15.0 Å². The third kappa shape index (κ3) is 2.17. The number of hydrogen-bond acceptors (Lipinski definition) is 7. The number of nitrogens with two attached hydrogens (primary N) is 2. The summed E-state index contributed by atoms with van der Waals surface area (Å²) in [4.78, 5) is 22.5. The lowest BCUT2D eigenvalue weighted by molar-refractivity contribution is 0.345. The van der Waals surface area contributed by atoms with Gasteiger partial charge in [-0.15, -0.1) is 11.3 Å². The molecule has 0 aliphatic heterocycles. The lowest BCUT2D eigenvalue weighted by Crippen LogP contribution is -2.26. The maximum atomic E-state index is 12.9. The first-order valence-corrected chi connectivity index (χ1v) is 8.57. The van der Waals surface area contributed by atoms with E-state index in [9.17, 15) is 4.79 Å². The summed E-state index contributed by atoms with van der Waals surface area (Å²) < 4.78 is 2.40. The Hall–Kier alpha value is -2.19. The molecule has 0 atom stereocenters. The van der Waals surface area contributed by atoms with Crippen LogP contribution in [0.1, 0.15) is 38.1 Å². The van der Waals surface area contributed by atoms with Gasteiger partial charge in [-0.2, -0.15) is 0 Å². The van der Waals surface area contributed by atoms with E-state index in [1.165, 1.54) is 30.6 Å². The van der Waals surface area contributed by atoms with Crippen LogP contribution < -0.4 is 22.6 Å². The predicted molar refractivity (Wildman–Crippen MR) is 93.5 cm³/mol. The van der Waals surface area contributed by atoms with Crippen LogP contribution in [0.25, 0.3) is 20.4 Å². The third-order valence-corrected chi connectivity index (χ3v) is 5.65. The van der Waals surface area contributed by atoms with Crippen molar-refractivity contribution in [2.75, 3.05) is 11.2 Å². The Labute approximate surface area is 136 Å². The normalized spacial score (nSPS) is 16.2. The molecule has 3 aromatic heterocycles. The minimum Gasteiger partial charge on any atom is -0.396 e. The lowest BCUT2D eigenvalue weighted by atomic mass is 9.95.